The molecule has 146 valence electrons. The van der Waals surface area contributed by atoms with Gasteiger partial charge in [0, 0.05) is 22.5 Å². The van der Waals surface area contributed by atoms with Crippen LogP contribution < -0.4 is 5.32 Å². The van der Waals surface area contributed by atoms with E-state index in [0.29, 0.717) is 24.5 Å². The molecule has 9 heteroatoms. The molecule has 2 heterocycles. The standard InChI is InChI=1S/C18H22BrN3O4S/c1-3-26-15(23)14-10-27-9-8-21(14)11-22-16(24)18(2,20-17(22)25)12-4-6-13(19)7-5-12/h4-7,14H,3,8-11H2,1-2H3,(H,20,25)/t14-,18-/m0/s1. The number of carbonyl (C=O) groups is 3. The number of benzene rings is 1. The predicted octanol–water partition coefficient (Wildman–Crippen LogP) is 2.15. The highest BCUT2D eigenvalue weighted by Crippen LogP contribution is 2.30. The number of thioether (sulfide) groups is 1. The fourth-order valence-electron chi connectivity index (χ4n) is 3.25. The van der Waals surface area contributed by atoms with Gasteiger partial charge in [0.15, 0.2) is 0 Å². The lowest BCUT2D eigenvalue weighted by atomic mass is 9.92. The van der Waals surface area contributed by atoms with Crippen molar-refractivity contribution in [3.8, 4) is 0 Å². The Morgan fingerprint density at radius 2 is 2.07 bits per heavy atom. The first kappa shape index (κ1) is 20.2. The zero-order chi connectivity index (χ0) is 19.6. The van der Waals surface area contributed by atoms with Crippen molar-refractivity contribution in [3.05, 3.63) is 34.3 Å². The summed E-state index contributed by atoms with van der Waals surface area (Å²) in [7, 11) is 0. The molecular weight excluding hydrogens is 434 g/mol. The number of urea groups is 1. The second-order valence-corrected chi connectivity index (χ2v) is 8.66. The number of amides is 3. The number of carbonyl (C=O) groups excluding carboxylic acids is 3. The molecule has 0 unspecified atom stereocenters. The molecule has 0 aliphatic carbocycles. The molecule has 3 amide bonds. The van der Waals surface area contributed by atoms with E-state index in [2.05, 4.69) is 21.2 Å². The van der Waals surface area contributed by atoms with Crippen molar-refractivity contribution in [3.63, 3.8) is 0 Å². The summed E-state index contributed by atoms with van der Waals surface area (Å²) in [4.78, 5) is 40.9. The fraction of sp³-hybridized carbons (Fsp3) is 0.500. The normalized spacial score (nSPS) is 26.2. The van der Waals surface area contributed by atoms with Crippen LogP contribution in [-0.2, 0) is 19.9 Å². The fourth-order valence-corrected chi connectivity index (χ4v) is 4.61. The molecular formula is C18H22BrN3O4S. The molecule has 2 atom stereocenters. The lowest BCUT2D eigenvalue weighted by Crippen LogP contribution is -2.53. The average Bonchev–Trinajstić information content (AvgIpc) is 2.87. The number of nitrogens with zero attached hydrogens (tertiary/aromatic N) is 2. The van der Waals surface area contributed by atoms with E-state index >= 15 is 0 Å². The van der Waals surface area contributed by atoms with Crippen molar-refractivity contribution < 1.29 is 19.1 Å². The van der Waals surface area contributed by atoms with Crippen molar-refractivity contribution >= 4 is 45.6 Å². The molecule has 0 aromatic heterocycles. The van der Waals surface area contributed by atoms with Crippen LogP contribution >= 0.6 is 27.7 Å². The first-order valence-electron chi connectivity index (χ1n) is 8.75. The van der Waals surface area contributed by atoms with Crippen LogP contribution in [0.1, 0.15) is 19.4 Å². The molecule has 2 aliphatic rings. The smallest absolute Gasteiger partial charge is 0.326 e. The van der Waals surface area contributed by atoms with Gasteiger partial charge in [-0.15, -0.1) is 0 Å². The molecule has 2 saturated heterocycles. The van der Waals surface area contributed by atoms with E-state index in [0.717, 1.165) is 10.2 Å². The van der Waals surface area contributed by atoms with Crippen molar-refractivity contribution in [1.82, 2.24) is 15.1 Å². The predicted molar refractivity (Wildman–Crippen MR) is 106 cm³/mol. The number of hydrogen-bond donors (Lipinski definition) is 1. The van der Waals surface area contributed by atoms with E-state index in [9.17, 15) is 14.4 Å². The van der Waals surface area contributed by atoms with E-state index in [1.807, 2.05) is 29.2 Å². The molecule has 0 bridgehead atoms. The van der Waals surface area contributed by atoms with Gasteiger partial charge in [-0.05, 0) is 31.5 Å². The van der Waals surface area contributed by atoms with Gasteiger partial charge in [-0.1, -0.05) is 28.1 Å². The van der Waals surface area contributed by atoms with Gasteiger partial charge in [-0.2, -0.15) is 11.8 Å². The highest BCUT2D eigenvalue weighted by atomic mass is 79.9. The Morgan fingerprint density at radius 3 is 2.74 bits per heavy atom. The van der Waals surface area contributed by atoms with Gasteiger partial charge in [0.25, 0.3) is 5.91 Å². The Labute approximate surface area is 170 Å². The summed E-state index contributed by atoms with van der Waals surface area (Å²) in [6.07, 6.45) is 0. The average molecular weight is 456 g/mol. The van der Waals surface area contributed by atoms with Gasteiger partial charge in [0.05, 0.1) is 13.3 Å². The number of ether oxygens (including phenoxy) is 1. The second-order valence-electron chi connectivity index (χ2n) is 6.59. The molecule has 2 fully saturated rings. The molecule has 1 aromatic carbocycles. The van der Waals surface area contributed by atoms with E-state index < -0.39 is 17.6 Å². The number of hydrogen-bond acceptors (Lipinski definition) is 6. The minimum Gasteiger partial charge on any atom is -0.465 e. The maximum absolute atomic E-state index is 13.1. The zero-order valence-electron chi connectivity index (χ0n) is 15.2. The number of nitrogens with one attached hydrogen (secondary N) is 1. The summed E-state index contributed by atoms with van der Waals surface area (Å²) in [5.74, 6) is 0.791. The van der Waals surface area contributed by atoms with Crippen molar-refractivity contribution in [1.29, 1.82) is 0 Å². The third-order valence-electron chi connectivity index (χ3n) is 4.82. The highest BCUT2D eigenvalue weighted by molar-refractivity contribution is 9.10. The zero-order valence-corrected chi connectivity index (χ0v) is 17.6. The van der Waals surface area contributed by atoms with Gasteiger partial charge >= 0.3 is 12.0 Å². The largest absolute Gasteiger partial charge is 0.465 e. The first-order chi connectivity index (χ1) is 12.9. The van der Waals surface area contributed by atoms with Gasteiger partial charge in [0.1, 0.15) is 11.6 Å². The monoisotopic (exact) mass is 455 g/mol. The summed E-state index contributed by atoms with van der Waals surface area (Å²) < 4.78 is 6.04. The number of imide groups is 1. The van der Waals surface area contributed by atoms with Crippen LogP contribution in [0.5, 0.6) is 0 Å². The van der Waals surface area contributed by atoms with Gasteiger partial charge in [-0.3, -0.25) is 14.5 Å². The maximum atomic E-state index is 13.1. The van der Waals surface area contributed by atoms with Gasteiger partial charge in [-0.25, -0.2) is 9.69 Å². The van der Waals surface area contributed by atoms with E-state index in [-0.39, 0.29) is 18.5 Å². The molecule has 2 aliphatic heterocycles. The van der Waals surface area contributed by atoms with Crippen molar-refractivity contribution in [2.24, 2.45) is 0 Å². The van der Waals surface area contributed by atoms with E-state index in [1.165, 1.54) is 4.90 Å². The molecule has 0 saturated carbocycles. The Bertz CT molecular complexity index is 745. The molecule has 3 rings (SSSR count). The van der Waals surface area contributed by atoms with E-state index in [1.54, 1.807) is 25.6 Å². The van der Waals surface area contributed by atoms with Gasteiger partial charge < -0.3 is 10.1 Å². The molecule has 0 spiro atoms. The quantitative estimate of drug-likeness (QED) is 0.541. The lowest BCUT2D eigenvalue weighted by Gasteiger charge is -2.35. The summed E-state index contributed by atoms with van der Waals surface area (Å²) in [5, 5.41) is 2.80. The molecule has 1 aromatic rings. The Hall–Kier alpha value is -1.58. The van der Waals surface area contributed by atoms with Crippen LogP contribution in [0.25, 0.3) is 0 Å². The molecule has 7 nitrogen and oxygen atoms in total. The van der Waals surface area contributed by atoms with Crippen LogP contribution in [0.15, 0.2) is 28.7 Å². The Balaban J connectivity index is 1.78. The Kier molecular flexibility index (Phi) is 6.12. The van der Waals surface area contributed by atoms with Crippen LogP contribution in [-0.4, -0.2) is 65.1 Å². The van der Waals surface area contributed by atoms with Crippen molar-refractivity contribution in [2.45, 2.75) is 25.4 Å². The summed E-state index contributed by atoms with van der Waals surface area (Å²) in [6, 6.07) is 6.38. The van der Waals surface area contributed by atoms with Crippen LogP contribution in [0, 0.1) is 0 Å². The van der Waals surface area contributed by atoms with Crippen LogP contribution in [0.2, 0.25) is 0 Å². The van der Waals surface area contributed by atoms with Crippen LogP contribution in [0.3, 0.4) is 0 Å². The maximum Gasteiger partial charge on any atom is 0.326 e. The lowest BCUT2D eigenvalue weighted by molar-refractivity contribution is -0.150. The number of rotatable bonds is 5. The summed E-state index contributed by atoms with van der Waals surface area (Å²) in [6.45, 7) is 4.45. The van der Waals surface area contributed by atoms with Gasteiger partial charge in [0.2, 0.25) is 0 Å². The minimum absolute atomic E-state index is 0.0703. The number of esters is 1. The van der Waals surface area contributed by atoms with Crippen molar-refractivity contribution in [2.75, 3.05) is 31.3 Å². The molecule has 27 heavy (non-hydrogen) atoms. The summed E-state index contributed by atoms with van der Waals surface area (Å²) >= 11 is 5.04. The van der Waals surface area contributed by atoms with Crippen LogP contribution in [0.4, 0.5) is 4.79 Å². The third-order valence-corrected chi connectivity index (χ3v) is 6.37. The summed E-state index contributed by atoms with van der Waals surface area (Å²) in [5.41, 5.74) is -0.412. The minimum atomic E-state index is -1.12. The number of halogens is 1. The Morgan fingerprint density at radius 1 is 1.37 bits per heavy atom. The third kappa shape index (κ3) is 4.00. The SMILES string of the molecule is CCOC(=O)[C@@H]1CSCCN1CN1C(=O)N[C@@](C)(c2ccc(Br)cc2)C1=O. The molecule has 0 radical (unpaired) electrons. The second kappa shape index (κ2) is 8.20. The topological polar surface area (TPSA) is 79.0 Å². The van der Waals surface area contributed by atoms with E-state index in [4.69, 9.17) is 4.74 Å². The highest BCUT2D eigenvalue weighted by Gasteiger charge is 2.50. The molecule has 1 N–H and O–H groups in total. The first-order valence-corrected chi connectivity index (χ1v) is 10.7.